The highest BCUT2D eigenvalue weighted by atomic mass is 32.1. The van der Waals surface area contributed by atoms with Crippen LogP contribution in [0.25, 0.3) is 0 Å². The summed E-state index contributed by atoms with van der Waals surface area (Å²) in [6, 6.07) is 1.49. The molecule has 1 aromatic heterocycles. The van der Waals surface area contributed by atoms with Gasteiger partial charge in [-0.3, -0.25) is 5.32 Å². The van der Waals surface area contributed by atoms with E-state index in [1.165, 1.54) is 11.3 Å². The number of thiophene rings is 1. The van der Waals surface area contributed by atoms with Crippen LogP contribution in [0.5, 0.6) is 0 Å². The molecule has 1 atom stereocenters. The summed E-state index contributed by atoms with van der Waals surface area (Å²) in [6.07, 6.45) is 2.62. The second kappa shape index (κ2) is 7.79. The minimum Gasteiger partial charge on any atom is -0.462 e. The van der Waals surface area contributed by atoms with Crippen molar-refractivity contribution in [3.05, 3.63) is 17.0 Å². The summed E-state index contributed by atoms with van der Waals surface area (Å²) in [6.45, 7) is 5.46. The van der Waals surface area contributed by atoms with E-state index in [0.29, 0.717) is 30.3 Å². The van der Waals surface area contributed by atoms with Gasteiger partial charge in [0.2, 0.25) is 0 Å². The second-order valence-corrected chi connectivity index (χ2v) is 6.72. The van der Waals surface area contributed by atoms with Gasteiger partial charge >= 0.3 is 12.0 Å². The van der Waals surface area contributed by atoms with E-state index >= 15 is 0 Å². The zero-order valence-electron chi connectivity index (χ0n) is 13.9. The molecular weight excluding hydrogens is 316 g/mol. The molecule has 6 nitrogen and oxygen atoms in total. The van der Waals surface area contributed by atoms with Gasteiger partial charge in [-0.25, -0.2) is 9.59 Å². The topological polar surface area (TPSA) is 67.9 Å². The normalized spacial score (nSPS) is 21.6. The number of methoxy groups -OCH3 is 1. The van der Waals surface area contributed by atoms with E-state index in [4.69, 9.17) is 9.47 Å². The van der Waals surface area contributed by atoms with Gasteiger partial charge in [-0.15, -0.1) is 11.3 Å². The van der Waals surface area contributed by atoms with Crippen molar-refractivity contribution in [3.63, 3.8) is 0 Å². The molecular formula is C16H24N2O4S. The molecule has 1 aliphatic heterocycles. The van der Waals surface area contributed by atoms with E-state index in [9.17, 15) is 9.59 Å². The summed E-state index contributed by atoms with van der Waals surface area (Å²) in [5, 5.41) is 5.14. The molecule has 1 aromatic rings. The molecule has 2 heterocycles. The van der Waals surface area contributed by atoms with Crippen LogP contribution in [0.3, 0.4) is 0 Å². The fourth-order valence-electron chi connectivity index (χ4n) is 2.61. The first-order chi connectivity index (χ1) is 11.0. The highest BCUT2D eigenvalue weighted by molar-refractivity contribution is 7.14. The van der Waals surface area contributed by atoms with Gasteiger partial charge in [-0.1, -0.05) is 0 Å². The number of amides is 2. The number of hydrogen-bond donors (Lipinski definition) is 1. The molecule has 2 rings (SSSR count). The zero-order valence-corrected chi connectivity index (χ0v) is 14.7. The third-order valence-electron chi connectivity index (χ3n) is 4.21. The molecule has 0 aliphatic carbocycles. The van der Waals surface area contributed by atoms with Gasteiger partial charge in [0.05, 0.1) is 17.8 Å². The Hall–Kier alpha value is -1.60. The number of hydrogen-bond acceptors (Lipinski definition) is 5. The molecule has 128 valence electrons. The lowest BCUT2D eigenvalue weighted by Gasteiger charge is -2.26. The van der Waals surface area contributed by atoms with Gasteiger partial charge in [0.1, 0.15) is 5.00 Å². The summed E-state index contributed by atoms with van der Waals surface area (Å²) in [5.41, 5.74) is 0.232. The van der Waals surface area contributed by atoms with Crippen LogP contribution in [-0.2, 0) is 9.47 Å². The quantitative estimate of drug-likeness (QED) is 0.854. The van der Waals surface area contributed by atoms with Crippen molar-refractivity contribution >= 4 is 28.3 Å². The van der Waals surface area contributed by atoms with Crippen molar-refractivity contribution in [1.82, 2.24) is 4.90 Å². The molecule has 1 unspecified atom stereocenters. The minimum absolute atomic E-state index is 0.173. The number of urea groups is 1. The summed E-state index contributed by atoms with van der Waals surface area (Å²) < 4.78 is 10.6. The van der Waals surface area contributed by atoms with Gasteiger partial charge in [-0.2, -0.15) is 0 Å². The number of rotatable bonds is 4. The third-order valence-corrected chi connectivity index (χ3v) is 5.04. The van der Waals surface area contributed by atoms with Crippen LogP contribution in [0.4, 0.5) is 9.80 Å². The van der Waals surface area contributed by atoms with Gasteiger partial charge in [0.25, 0.3) is 0 Å². The molecule has 0 bridgehead atoms. The maximum Gasteiger partial charge on any atom is 0.341 e. The van der Waals surface area contributed by atoms with Crippen LogP contribution in [0.2, 0.25) is 0 Å². The van der Waals surface area contributed by atoms with Crippen LogP contribution in [0.1, 0.15) is 43.5 Å². The molecule has 0 saturated carbocycles. The van der Waals surface area contributed by atoms with Crippen molar-refractivity contribution in [2.75, 3.05) is 32.1 Å². The minimum atomic E-state index is -0.410. The van der Waals surface area contributed by atoms with E-state index in [2.05, 4.69) is 12.2 Å². The number of carbonyl (C=O) groups is 2. The number of nitrogens with one attached hydrogen (secondary N) is 1. The summed E-state index contributed by atoms with van der Waals surface area (Å²) in [5.74, 6) is -0.410. The van der Waals surface area contributed by atoms with E-state index in [1.54, 1.807) is 30.4 Å². The van der Waals surface area contributed by atoms with Crippen LogP contribution >= 0.6 is 11.3 Å². The van der Waals surface area contributed by atoms with Gasteiger partial charge in [0.15, 0.2) is 0 Å². The molecule has 0 aromatic carbocycles. The van der Waals surface area contributed by atoms with Crippen molar-refractivity contribution in [1.29, 1.82) is 0 Å². The molecule has 1 fully saturated rings. The first-order valence-corrected chi connectivity index (χ1v) is 8.73. The maximum atomic E-state index is 12.5. The molecule has 2 amide bonds. The molecule has 23 heavy (non-hydrogen) atoms. The Labute approximate surface area is 140 Å². The highest BCUT2D eigenvalue weighted by Gasteiger charge is 2.29. The predicted molar refractivity (Wildman–Crippen MR) is 90.1 cm³/mol. The first-order valence-electron chi connectivity index (χ1n) is 7.85. The number of anilines is 1. The highest BCUT2D eigenvalue weighted by Crippen LogP contribution is 2.27. The maximum absolute atomic E-state index is 12.5. The zero-order chi connectivity index (χ0) is 16.9. The van der Waals surface area contributed by atoms with Crippen LogP contribution in [0, 0.1) is 0 Å². The van der Waals surface area contributed by atoms with E-state index in [0.717, 1.165) is 19.3 Å². The van der Waals surface area contributed by atoms with Gasteiger partial charge in [0, 0.05) is 20.2 Å². The number of carbonyl (C=O) groups excluding carboxylic acids is 2. The number of ether oxygens (including phenoxy) is 2. The first kappa shape index (κ1) is 17.7. The molecule has 0 radical (unpaired) electrons. The van der Waals surface area contributed by atoms with Crippen molar-refractivity contribution in [3.8, 4) is 0 Å². The van der Waals surface area contributed by atoms with Crippen LogP contribution in [0.15, 0.2) is 11.4 Å². The summed E-state index contributed by atoms with van der Waals surface area (Å²) in [4.78, 5) is 26.1. The third kappa shape index (κ3) is 4.45. The van der Waals surface area contributed by atoms with Gasteiger partial charge < -0.3 is 14.4 Å². The van der Waals surface area contributed by atoms with E-state index < -0.39 is 5.97 Å². The Morgan fingerprint density at radius 2 is 2.17 bits per heavy atom. The Kier molecular flexibility index (Phi) is 6.01. The SMILES string of the molecule is CCOC(=O)c1ccsc1NC(=O)N1CCCC(C)(OC)CC1. The van der Waals surface area contributed by atoms with Gasteiger partial charge in [-0.05, 0) is 44.6 Å². The lowest BCUT2D eigenvalue weighted by Crippen LogP contribution is -2.37. The average Bonchev–Trinajstić information content (AvgIpc) is 2.89. The summed E-state index contributed by atoms with van der Waals surface area (Å²) >= 11 is 1.32. The smallest absolute Gasteiger partial charge is 0.341 e. The number of likely N-dealkylation sites (tertiary alicyclic amines) is 1. The largest absolute Gasteiger partial charge is 0.462 e. The van der Waals surface area contributed by atoms with Crippen LogP contribution < -0.4 is 5.32 Å². The Balaban J connectivity index is 2.00. The predicted octanol–water partition coefficient (Wildman–Crippen LogP) is 3.35. The fourth-order valence-corrected chi connectivity index (χ4v) is 3.38. The molecule has 7 heteroatoms. The Morgan fingerprint density at radius 3 is 2.87 bits per heavy atom. The van der Waals surface area contributed by atoms with Crippen molar-refractivity contribution < 1.29 is 19.1 Å². The average molecular weight is 340 g/mol. The lowest BCUT2D eigenvalue weighted by molar-refractivity contribution is -0.00492. The molecule has 0 spiro atoms. The van der Waals surface area contributed by atoms with E-state index in [1.807, 2.05) is 0 Å². The van der Waals surface area contributed by atoms with Crippen molar-refractivity contribution in [2.24, 2.45) is 0 Å². The molecule has 1 aliphatic rings. The van der Waals surface area contributed by atoms with Crippen molar-refractivity contribution in [2.45, 2.75) is 38.7 Å². The number of nitrogens with zero attached hydrogens (tertiary/aromatic N) is 1. The lowest BCUT2D eigenvalue weighted by atomic mass is 9.97. The number of esters is 1. The van der Waals surface area contributed by atoms with Crippen LogP contribution in [-0.4, -0.2) is 49.3 Å². The summed E-state index contributed by atoms with van der Waals surface area (Å²) in [7, 11) is 1.72. The Bertz CT molecular complexity index is 560. The Morgan fingerprint density at radius 1 is 1.39 bits per heavy atom. The fraction of sp³-hybridized carbons (Fsp3) is 0.625. The second-order valence-electron chi connectivity index (χ2n) is 5.81. The molecule has 1 N–H and O–H groups in total. The van der Waals surface area contributed by atoms with E-state index in [-0.39, 0.29) is 11.6 Å². The monoisotopic (exact) mass is 340 g/mol. The molecule has 1 saturated heterocycles. The standard InChI is InChI=1S/C16H24N2O4S/c1-4-22-14(19)12-6-11-23-13(12)17-15(20)18-9-5-7-16(2,21-3)8-10-18/h6,11H,4-5,7-10H2,1-3H3,(H,17,20).